The van der Waals surface area contributed by atoms with Crippen LogP contribution >= 0.6 is 15.9 Å². The molecule has 21 heavy (non-hydrogen) atoms. The summed E-state index contributed by atoms with van der Waals surface area (Å²) in [7, 11) is 3.16. The first-order valence-corrected chi connectivity index (χ1v) is 12.4. The molecule has 0 N–H and O–H groups in total. The molecule has 0 amide bonds. The monoisotopic (exact) mass is 402 g/mol. The Morgan fingerprint density at radius 3 is 1.62 bits per heavy atom. The first-order valence-electron chi connectivity index (χ1n) is 7.34. The molecule has 0 saturated carbocycles. The Morgan fingerprint density at radius 2 is 1.24 bits per heavy atom. The summed E-state index contributed by atoms with van der Waals surface area (Å²) in [6.07, 6.45) is 4.70. The largest absolute Gasteiger partial charge is 0.505 e. The molecule has 0 aliphatic rings. The van der Waals surface area contributed by atoms with Crippen molar-refractivity contribution >= 4 is 33.3 Å². The van der Waals surface area contributed by atoms with E-state index in [0.29, 0.717) is 0 Å². The second-order valence-electron chi connectivity index (χ2n) is 5.01. The highest BCUT2D eigenvalue weighted by Gasteiger charge is 2.58. The molecule has 0 aliphatic carbocycles. The van der Waals surface area contributed by atoms with Crippen molar-refractivity contribution in [3.8, 4) is 0 Å². The standard InChI is InChI=1S/C13H31BrO5Si2/c1-13(21(17-4,18-5)19-6)20(15-2,16-3)12-10-8-7-9-11-14/h13H,7-12H2,1-6H3. The predicted octanol–water partition coefficient (Wildman–Crippen LogP) is 3.48. The maximum atomic E-state index is 5.87. The Balaban J connectivity index is 4.90. The van der Waals surface area contributed by atoms with Gasteiger partial charge in [-0.2, -0.15) is 0 Å². The molecule has 0 fully saturated rings. The summed E-state index contributed by atoms with van der Waals surface area (Å²) in [4.78, 5) is 0. The van der Waals surface area contributed by atoms with Crippen LogP contribution in [-0.4, -0.2) is 58.2 Å². The Morgan fingerprint density at radius 1 is 0.762 bits per heavy atom. The van der Waals surface area contributed by atoms with Crippen LogP contribution in [0, 0.1) is 0 Å². The van der Waals surface area contributed by atoms with Crippen LogP contribution in [0.3, 0.4) is 0 Å². The average Bonchev–Trinajstić information content (AvgIpc) is 2.53. The highest BCUT2D eigenvalue weighted by Crippen LogP contribution is 2.37. The zero-order valence-corrected chi connectivity index (χ0v) is 17.8. The molecule has 0 spiro atoms. The van der Waals surface area contributed by atoms with Gasteiger partial charge < -0.3 is 22.1 Å². The Labute approximate surface area is 140 Å². The normalized spacial score (nSPS) is 14.4. The van der Waals surface area contributed by atoms with Crippen molar-refractivity contribution in [3.63, 3.8) is 0 Å². The van der Waals surface area contributed by atoms with Gasteiger partial charge >= 0.3 is 17.4 Å². The molecule has 8 heteroatoms. The SMILES string of the molecule is CO[Si](CCCCCCBr)(OC)C(C)[Si](OC)(OC)OC. The second-order valence-corrected chi connectivity index (χ2v) is 13.5. The van der Waals surface area contributed by atoms with Crippen LogP contribution < -0.4 is 0 Å². The molecule has 0 radical (unpaired) electrons. The maximum Gasteiger partial charge on any atom is 0.505 e. The Bertz CT molecular complexity index is 255. The average molecular weight is 403 g/mol. The number of unbranched alkanes of at least 4 members (excludes halogenated alkanes) is 3. The van der Waals surface area contributed by atoms with Crippen LogP contribution in [0.5, 0.6) is 0 Å². The van der Waals surface area contributed by atoms with Crippen LogP contribution in [0.4, 0.5) is 0 Å². The van der Waals surface area contributed by atoms with Gasteiger partial charge in [-0.15, -0.1) is 0 Å². The number of alkyl halides is 1. The number of rotatable bonds is 13. The minimum Gasteiger partial charge on any atom is -0.397 e. The third-order valence-corrected chi connectivity index (χ3v) is 13.6. The van der Waals surface area contributed by atoms with Gasteiger partial charge in [0.15, 0.2) is 0 Å². The Kier molecular flexibility index (Phi) is 11.7. The first-order chi connectivity index (χ1) is 10.0. The maximum absolute atomic E-state index is 5.87. The summed E-state index contributed by atoms with van der Waals surface area (Å²) in [6.45, 7) is 2.07. The molecular formula is C13H31BrO5Si2. The van der Waals surface area contributed by atoms with Crippen molar-refractivity contribution in [3.05, 3.63) is 0 Å². The zero-order valence-electron chi connectivity index (χ0n) is 14.2. The fourth-order valence-corrected chi connectivity index (χ4v) is 11.5. The van der Waals surface area contributed by atoms with E-state index in [1.165, 1.54) is 19.3 Å². The van der Waals surface area contributed by atoms with Gasteiger partial charge in [-0.25, -0.2) is 0 Å². The van der Waals surface area contributed by atoms with E-state index < -0.39 is 17.4 Å². The zero-order chi connectivity index (χ0) is 16.4. The molecule has 0 aromatic heterocycles. The highest BCUT2D eigenvalue weighted by atomic mass is 79.9. The van der Waals surface area contributed by atoms with E-state index in [1.54, 1.807) is 35.5 Å². The van der Waals surface area contributed by atoms with E-state index in [9.17, 15) is 0 Å². The predicted molar refractivity (Wildman–Crippen MR) is 93.0 cm³/mol. The quantitative estimate of drug-likeness (QED) is 0.268. The van der Waals surface area contributed by atoms with Crippen molar-refractivity contribution in [2.75, 3.05) is 40.9 Å². The fraction of sp³-hybridized carbons (Fsp3) is 1.00. The van der Waals surface area contributed by atoms with Crippen molar-refractivity contribution < 1.29 is 22.1 Å². The highest BCUT2D eigenvalue weighted by molar-refractivity contribution is 9.09. The number of hydrogen-bond acceptors (Lipinski definition) is 5. The molecular weight excluding hydrogens is 372 g/mol. The summed E-state index contributed by atoms with van der Waals surface area (Å²) in [5.74, 6) is 0. The summed E-state index contributed by atoms with van der Waals surface area (Å²) >= 11 is 3.46. The molecule has 0 aromatic rings. The molecule has 0 aromatic carbocycles. The number of hydrogen-bond donors (Lipinski definition) is 0. The van der Waals surface area contributed by atoms with Gasteiger partial charge in [0.05, 0.1) is 5.16 Å². The Hall–Kier alpha value is 0.714. The van der Waals surface area contributed by atoms with E-state index >= 15 is 0 Å². The smallest absolute Gasteiger partial charge is 0.397 e. The summed E-state index contributed by atoms with van der Waals surface area (Å²) in [5, 5.41) is 1.07. The molecule has 0 rings (SSSR count). The molecule has 0 heterocycles. The van der Waals surface area contributed by atoms with Crippen LogP contribution in [-0.2, 0) is 22.1 Å². The van der Waals surface area contributed by atoms with E-state index in [1.807, 2.05) is 0 Å². The van der Waals surface area contributed by atoms with Gasteiger partial charge in [0.2, 0.25) is 0 Å². The molecule has 5 nitrogen and oxygen atoms in total. The lowest BCUT2D eigenvalue weighted by Crippen LogP contribution is -2.59. The topological polar surface area (TPSA) is 46.2 Å². The fourth-order valence-electron chi connectivity index (χ4n) is 2.73. The van der Waals surface area contributed by atoms with Crippen LogP contribution in [0.15, 0.2) is 0 Å². The number of halogens is 1. The second kappa shape index (κ2) is 11.3. The molecule has 0 aliphatic heterocycles. The van der Waals surface area contributed by atoms with Gasteiger partial charge in [0.1, 0.15) is 0 Å². The van der Waals surface area contributed by atoms with Crippen molar-refractivity contribution in [2.45, 2.75) is 43.8 Å². The van der Waals surface area contributed by atoms with E-state index in [-0.39, 0.29) is 5.16 Å². The third kappa shape index (κ3) is 5.69. The van der Waals surface area contributed by atoms with Gasteiger partial charge in [0, 0.05) is 40.9 Å². The van der Waals surface area contributed by atoms with Crippen LogP contribution in [0.1, 0.15) is 32.6 Å². The lowest BCUT2D eigenvalue weighted by Gasteiger charge is -2.39. The van der Waals surface area contributed by atoms with E-state index in [0.717, 1.165) is 17.8 Å². The first kappa shape index (κ1) is 21.7. The van der Waals surface area contributed by atoms with Crippen molar-refractivity contribution in [1.82, 2.24) is 0 Å². The van der Waals surface area contributed by atoms with Gasteiger partial charge in [-0.05, 0) is 12.5 Å². The lowest BCUT2D eigenvalue weighted by molar-refractivity contribution is 0.111. The van der Waals surface area contributed by atoms with Gasteiger partial charge in [-0.1, -0.05) is 42.1 Å². The van der Waals surface area contributed by atoms with Crippen molar-refractivity contribution in [1.29, 1.82) is 0 Å². The van der Waals surface area contributed by atoms with Crippen LogP contribution in [0.2, 0.25) is 11.2 Å². The van der Waals surface area contributed by atoms with E-state index in [4.69, 9.17) is 22.1 Å². The van der Waals surface area contributed by atoms with E-state index in [2.05, 4.69) is 22.9 Å². The molecule has 1 unspecified atom stereocenters. The molecule has 1 atom stereocenters. The molecule has 0 bridgehead atoms. The van der Waals surface area contributed by atoms with Crippen molar-refractivity contribution in [2.24, 2.45) is 0 Å². The third-order valence-electron chi connectivity index (χ3n) is 4.14. The van der Waals surface area contributed by atoms with Gasteiger partial charge in [0.25, 0.3) is 0 Å². The van der Waals surface area contributed by atoms with Gasteiger partial charge in [-0.3, -0.25) is 0 Å². The minimum absolute atomic E-state index is 0.0103. The van der Waals surface area contributed by atoms with Crippen LogP contribution in [0.25, 0.3) is 0 Å². The molecule has 0 saturated heterocycles. The summed E-state index contributed by atoms with van der Waals surface area (Å²) in [6, 6.07) is 0.925. The summed E-state index contributed by atoms with van der Waals surface area (Å²) in [5.41, 5.74) is 0. The summed E-state index contributed by atoms with van der Waals surface area (Å²) < 4.78 is 28.6. The lowest BCUT2D eigenvalue weighted by atomic mass is 10.2. The minimum atomic E-state index is -2.77. The molecule has 128 valence electrons.